The summed E-state index contributed by atoms with van der Waals surface area (Å²) in [6.07, 6.45) is 3.38. The molecule has 0 bridgehead atoms. The summed E-state index contributed by atoms with van der Waals surface area (Å²) in [7, 11) is 0. The molecule has 2 N–H and O–H groups in total. The number of hydrogen-bond acceptors (Lipinski definition) is 2. The highest BCUT2D eigenvalue weighted by molar-refractivity contribution is 5.32. The van der Waals surface area contributed by atoms with Gasteiger partial charge in [-0.15, -0.1) is 0 Å². The molecule has 1 heterocycles. The van der Waals surface area contributed by atoms with Crippen LogP contribution in [0, 0.1) is 11.7 Å². The number of benzene rings is 3. The Hall–Kier alpha value is -2.49. The van der Waals surface area contributed by atoms with Crippen molar-refractivity contribution in [3.63, 3.8) is 0 Å². The molecule has 1 saturated heterocycles. The Morgan fingerprint density at radius 3 is 2.03 bits per heavy atom. The van der Waals surface area contributed by atoms with Crippen molar-refractivity contribution < 1.29 is 4.39 Å². The van der Waals surface area contributed by atoms with Gasteiger partial charge in [0, 0.05) is 18.5 Å². The summed E-state index contributed by atoms with van der Waals surface area (Å²) in [4.78, 5) is 0. The first-order chi connectivity index (χ1) is 14.8. The second-order valence-corrected chi connectivity index (χ2v) is 8.41. The SMILES string of the molecule is Fc1ccc(C[C@H]2CC[C@@H](CNCC(c3ccccc3)c3ccccc3)CN2)cc1. The third-order valence-electron chi connectivity index (χ3n) is 6.20. The fourth-order valence-electron chi connectivity index (χ4n) is 4.46. The molecule has 30 heavy (non-hydrogen) atoms. The third kappa shape index (κ3) is 5.78. The first-order valence-corrected chi connectivity index (χ1v) is 11.1. The summed E-state index contributed by atoms with van der Waals surface area (Å²) in [5.74, 6) is 0.864. The maximum Gasteiger partial charge on any atom is 0.123 e. The average molecular weight is 403 g/mol. The highest BCUT2D eigenvalue weighted by Gasteiger charge is 2.21. The predicted octanol–water partition coefficient (Wildman–Crippen LogP) is 5.16. The van der Waals surface area contributed by atoms with Gasteiger partial charge in [-0.25, -0.2) is 4.39 Å². The molecule has 2 nitrogen and oxygen atoms in total. The summed E-state index contributed by atoms with van der Waals surface area (Å²) in [6, 6.07) is 29.0. The zero-order valence-corrected chi connectivity index (χ0v) is 17.4. The van der Waals surface area contributed by atoms with E-state index >= 15 is 0 Å². The van der Waals surface area contributed by atoms with Crippen LogP contribution in [-0.4, -0.2) is 25.7 Å². The molecule has 0 aliphatic carbocycles. The van der Waals surface area contributed by atoms with Crippen molar-refractivity contribution >= 4 is 0 Å². The smallest absolute Gasteiger partial charge is 0.123 e. The molecule has 4 rings (SSSR count). The summed E-state index contributed by atoms with van der Waals surface area (Å²) >= 11 is 0. The molecule has 3 aromatic rings. The maximum atomic E-state index is 13.1. The van der Waals surface area contributed by atoms with Crippen LogP contribution >= 0.6 is 0 Å². The van der Waals surface area contributed by atoms with Crippen LogP contribution < -0.4 is 10.6 Å². The van der Waals surface area contributed by atoms with Crippen LogP contribution in [0.15, 0.2) is 84.9 Å². The van der Waals surface area contributed by atoms with E-state index in [9.17, 15) is 4.39 Å². The van der Waals surface area contributed by atoms with Crippen molar-refractivity contribution in [2.45, 2.75) is 31.2 Å². The number of piperidine rings is 1. The summed E-state index contributed by atoms with van der Waals surface area (Å²) in [6.45, 7) is 3.02. The molecule has 0 aromatic heterocycles. The minimum Gasteiger partial charge on any atom is -0.315 e. The van der Waals surface area contributed by atoms with E-state index in [-0.39, 0.29) is 5.82 Å². The lowest BCUT2D eigenvalue weighted by Gasteiger charge is -2.31. The second kappa shape index (κ2) is 10.5. The molecule has 0 unspecified atom stereocenters. The first kappa shape index (κ1) is 20.8. The maximum absolute atomic E-state index is 13.1. The molecule has 0 saturated carbocycles. The Kier molecular flexibility index (Phi) is 7.28. The summed E-state index contributed by atoms with van der Waals surface area (Å²) in [5.41, 5.74) is 3.92. The summed E-state index contributed by atoms with van der Waals surface area (Å²) in [5, 5.41) is 7.44. The largest absolute Gasteiger partial charge is 0.315 e. The Bertz CT molecular complexity index is 832. The van der Waals surface area contributed by atoms with E-state index in [0.717, 1.165) is 26.1 Å². The number of rotatable bonds is 8. The lowest BCUT2D eigenvalue weighted by molar-refractivity contribution is 0.299. The van der Waals surface area contributed by atoms with Crippen LogP contribution in [0.4, 0.5) is 4.39 Å². The van der Waals surface area contributed by atoms with Gasteiger partial charge in [-0.3, -0.25) is 0 Å². The van der Waals surface area contributed by atoms with Crippen LogP contribution in [0.2, 0.25) is 0 Å². The minimum atomic E-state index is -0.161. The van der Waals surface area contributed by atoms with Gasteiger partial charge in [0.1, 0.15) is 5.82 Å². The Balaban J connectivity index is 1.26. The third-order valence-corrected chi connectivity index (χ3v) is 6.20. The van der Waals surface area contributed by atoms with E-state index in [1.54, 1.807) is 12.1 Å². The highest BCUT2D eigenvalue weighted by Crippen LogP contribution is 2.24. The van der Waals surface area contributed by atoms with Gasteiger partial charge < -0.3 is 10.6 Å². The van der Waals surface area contributed by atoms with Crippen molar-refractivity contribution in [1.29, 1.82) is 0 Å². The van der Waals surface area contributed by atoms with Crippen LogP contribution in [0.5, 0.6) is 0 Å². The molecule has 156 valence electrons. The molecule has 0 radical (unpaired) electrons. The molecule has 0 amide bonds. The molecular weight excluding hydrogens is 371 g/mol. The molecule has 3 aromatic carbocycles. The topological polar surface area (TPSA) is 24.1 Å². The van der Waals surface area contributed by atoms with Gasteiger partial charge in [0.15, 0.2) is 0 Å². The zero-order chi connectivity index (χ0) is 20.6. The molecule has 3 heteroatoms. The van der Waals surface area contributed by atoms with Crippen molar-refractivity contribution in [1.82, 2.24) is 10.6 Å². The normalized spacial score (nSPS) is 19.1. The molecule has 1 fully saturated rings. The van der Waals surface area contributed by atoms with E-state index < -0.39 is 0 Å². The van der Waals surface area contributed by atoms with Crippen molar-refractivity contribution in [3.05, 3.63) is 107 Å². The molecule has 1 aliphatic rings. The fourth-order valence-corrected chi connectivity index (χ4v) is 4.46. The van der Waals surface area contributed by atoms with Crippen LogP contribution in [-0.2, 0) is 6.42 Å². The molecular formula is C27H31FN2. The van der Waals surface area contributed by atoms with Crippen LogP contribution in [0.1, 0.15) is 35.4 Å². The number of nitrogens with one attached hydrogen (secondary N) is 2. The Morgan fingerprint density at radius 1 is 0.833 bits per heavy atom. The van der Waals surface area contributed by atoms with Crippen LogP contribution in [0.25, 0.3) is 0 Å². The monoisotopic (exact) mass is 402 g/mol. The van der Waals surface area contributed by atoms with Crippen molar-refractivity contribution in [2.75, 3.05) is 19.6 Å². The van der Waals surface area contributed by atoms with Crippen molar-refractivity contribution in [2.24, 2.45) is 5.92 Å². The molecule has 1 aliphatic heterocycles. The second-order valence-electron chi connectivity index (χ2n) is 8.41. The van der Waals surface area contributed by atoms with Gasteiger partial charge >= 0.3 is 0 Å². The van der Waals surface area contributed by atoms with Crippen LogP contribution in [0.3, 0.4) is 0 Å². The Morgan fingerprint density at radius 2 is 1.47 bits per heavy atom. The molecule has 0 spiro atoms. The fraction of sp³-hybridized carbons (Fsp3) is 0.333. The standard InChI is InChI=1S/C27H31FN2/c28-25-14-11-21(12-15-25)17-26-16-13-22(19-30-26)18-29-20-27(23-7-3-1-4-8-23)24-9-5-2-6-10-24/h1-12,14-15,22,26-27,29-30H,13,16-20H2/t22-,26+/m0/s1. The lowest BCUT2D eigenvalue weighted by atomic mass is 9.89. The Labute approximate surface area is 179 Å². The van der Waals surface area contributed by atoms with Gasteiger partial charge in [0.25, 0.3) is 0 Å². The van der Waals surface area contributed by atoms with E-state index in [2.05, 4.69) is 71.3 Å². The van der Waals surface area contributed by atoms with Gasteiger partial charge in [-0.05, 0) is 67.1 Å². The first-order valence-electron chi connectivity index (χ1n) is 11.1. The highest BCUT2D eigenvalue weighted by atomic mass is 19.1. The van der Waals surface area contributed by atoms with Crippen molar-refractivity contribution in [3.8, 4) is 0 Å². The quantitative estimate of drug-likeness (QED) is 0.544. The minimum absolute atomic E-state index is 0.161. The average Bonchev–Trinajstić information content (AvgIpc) is 2.80. The van der Waals surface area contributed by atoms with Gasteiger partial charge in [0.2, 0.25) is 0 Å². The van der Waals surface area contributed by atoms with E-state index in [4.69, 9.17) is 0 Å². The van der Waals surface area contributed by atoms with Gasteiger partial charge in [-0.1, -0.05) is 72.8 Å². The predicted molar refractivity (Wildman–Crippen MR) is 122 cm³/mol. The van der Waals surface area contributed by atoms with E-state index in [1.807, 2.05) is 12.1 Å². The number of halogens is 1. The zero-order valence-electron chi connectivity index (χ0n) is 17.4. The number of hydrogen-bond donors (Lipinski definition) is 2. The van der Waals surface area contributed by atoms with E-state index in [0.29, 0.717) is 17.9 Å². The molecule has 2 atom stereocenters. The van der Waals surface area contributed by atoms with Gasteiger partial charge in [0.05, 0.1) is 0 Å². The summed E-state index contributed by atoms with van der Waals surface area (Å²) < 4.78 is 13.1. The van der Waals surface area contributed by atoms with E-state index in [1.165, 1.54) is 29.5 Å². The lowest BCUT2D eigenvalue weighted by Crippen LogP contribution is -2.43. The van der Waals surface area contributed by atoms with Gasteiger partial charge in [-0.2, -0.15) is 0 Å².